The number of fused-ring (bicyclic) bond motifs is 1. The first kappa shape index (κ1) is 16.1. The second-order valence-corrected chi connectivity index (χ2v) is 5.87. The lowest BCUT2D eigenvalue weighted by atomic mass is 9.99. The summed E-state index contributed by atoms with van der Waals surface area (Å²) in [4.78, 5) is 25.6. The van der Waals surface area contributed by atoms with Gasteiger partial charge in [-0.3, -0.25) is 9.59 Å². The van der Waals surface area contributed by atoms with E-state index in [1.165, 1.54) is 12.5 Å². The maximum Gasteiger partial charge on any atom is 0.254 e. The Morgan fingerprint density at radius 2 is 1.83 bits per heavy atom. The summed E-state index contributed by atoms with van der Waals surface area (Å²) in [5, 5.41) is 2.70. The van der Waals surface area contributed by atoms with Gasteiger partial charge in [-0.1, -0.05) is 6.07 Å². The number of rotatable bonds is 3. The van der Waals surface area contributed by atoms with Crippen LogP contribution in [0.4, 0.5) is 5.69 Å². The molecule has 0 saturated heterocycles. The number of benzene rings is 2. The van der Waals surface area contributed by atoms with E-state index < -0.39 is 0 Å². The monoisotopic (exact) mass is 324 g/mol. The average molecular weight is 324 g/mol. The summed E-state index contributed by atoms with van der Waals surface area (Å²) in [5.41, 5.74) is 3.70. The SMILES string of the molecule is COc1ccc2c(c1)CN(C(=O)c1ccc(NC(C)=O)cc1)CC2. The van der Waals surface area contributed by atoms with Gasteiger partial charge in [0.15, 0.2) is 0 Å². The van der Waals surface area contributed by atoms with Crippen molar-refractivity contribution in [1.82, 2.24) is 4.90 Å². The van der Waals surface area contributed by atoms with E-state index in [1.54, 1.807) is 31.4 Å². The Bertz CT molecular complexity index is 769. The molecule has 0 atom stereocenters. The molecule has 124 valence electrons. The fourth-order valence-corrected chi connectivity index (χ4v) is 2.92. The molecule has 24 heavy (non-hydrogen) atoms. The first-order chi connectivity index (χ1) is 11.6. The van der Waals surface area contributed by atoms with E-state index in [2.05, 4.69) is 11.4 Å². The molecule has 1 aliphatic rings. The maximum absolute atomic E-state index is 12.7. The Morgan fingerprint density at radius 1 is 1.08 bits per heavy atom. The molecule has 1 aliphatic heterocycles. The van der Waals surface area contributed by atoms with Crippen molar-refractivity contribution in [1.29, 1.82) is 0 Å². The molecule has 3 rings (SSSR count). The van der Waals surface area contributed by atoms with Gasteiger partial charge in [-0.05, 0) is 53.9 Å². The number of hydrogen-bond acceptors (Lipinski definition) is 3. The van der Waals surface area contributed by atoms with E-state index in [0.717, 1.165) is 17.7 Å². The van der Waals surface area contributed by atoms with Crippen LogP contribution in [-0.4, -0.2) is 30.4 Å². The molecule has 5 heteroatoms. The molecule has 0 spiro atoms. The minimum absolute atomic E-state index is 0.00200. The number of carbonyl (C=O) groups excluding carboxylic acids is 2. The molecular formula is C19H20N2O3. The summed E-state index contributed by atoms with van der Waals surface area (Å²) in [7, 11) is 1.64. The van der Waals surface area contributed by atoms with Gasteiger partial charge in [0.25, 0.3) is 5.91 Å². The van der Waals surface area contributed by atoms with Gasteiger partial charge in [-0.2, -0.15) is 0 Å². The van der Waals surface area contributed by atoms with Gasteiger partial charge in [0.05, 0.1) is 7.11 Å². The smallest absolute Gasteiger partial charge is 0.254 e. The van der Waals surface area contributed by atoms with Crippen molar-refractivity contribution in [2.75, 3.05) is 19.0 Å². The van der Waals surface area contributed by atoms with E-state index in [1.807, 2.05) is 17.0 Å². The number of hydrogen-bond donors (Lipinski definition) is 1. The highest BCUT2D eigenvalue weighted by Crippen LogP contribution is 2.25. The molecule has 0 aliphatic carbocycles. The average Bonchev–Trinajstić information content (AvgIpc) is 2.60. The zero-order valence-electron chi connectivity index (χ0n) is 13.8. The highest BCUT2D eigenvalue weighted by Gasteiger charge is 2.22. The first-order valence-electron chi connectivity index (χ1n) is 7.89. The molecule has 5 nitrogen and oxygen atoms in total. The van der Waals surface area contributed by atoms with Gasteiger partial charge in [0.1, 0.15) is 5.75 Å². The van der Waals surface area contributed by atoms with Gasteiger partial charge in [0, 0.05) is 31.3 Å². The highest BCUT2D eigenvalue weighted by atomic mass is 16.5. The molecule has 1 N–H and O–H groups in total. The normalized spacial score (nSPS) is 13.2. The zero-order valence-corrected chi connectivity index (χ0v) is 13.8. The predicted octanol–water partition coefficient (Wildman–Crippen LogP) is 2.85. The highest BCUT2D eigenvalue weighted by molar-refractivity contribution is 5.95. The Kier molecular flexibility index (Phi) is 4.51. The molecule has 2 aromatic carbocycles. The second kappa shape index (κ2) is 6.74. The maximum atomic E-state index is 12.7. The summed E-state index contributed by atoms with van der Waals surface area (Å²) in [6, 6.07) is 13.0. The Labute approximate surface area is 141 Å². The predicted molar refractivity (Wildman–Crippen MR) is 92.2 cm³/mol. The van der Waals surface area contributed by atoms with Crippen molar-refractivity contribution >= 4 is 17.5 Å². The first-order valence-corrected chi connectivity index (χ1v) is 7.89. The van der Waals surface area contributed by atoms with Crippen LogP contribution < -0.4 is 10.1 Å². The lowest BCUT2D eigenvalue weighted by molar-refractivity contribution is -0.114. The summed E-state index contributed by atoms with van der Waals surface area (Å²) < 4.78 is 5.27. The minimum atomic E-state index is -0.129. The van der Waals surface area contributed by atoms with Crippen LogP contribution in [0.5, 0.6) is 5.75 Å². The minimum Gasteiger partial charge on any atom is -0.497 e. The number of ether oxygens (including phenoxy) is 1. The number of methoxy groups -OCH3 is 1. The van der Waals surface area contributed by atoms with Crippen molar-refractivity contribution in [3.05, 3.63) is 59.2 Å². The summed E-state index contributed by atoms with van der Waals surface area (Å²) in [5.74, 6) is 0.677. The molecule has 0 fully saturated rings. The van der Waals surface area contributed by atoms with Crippen LogP contribution in [0.25, 0.3) is 0 Å². The number of anilines is 1. The fourth-order valence-electron chi connectivity index (χ4n) is 2.92. The lowest BCUT2D eigenvalue weighted by Gasteiger charge is -2.29. The third kappa shape index (κ3) is 3.40. The van der Waals surface area contributed by atoms with Gasteiger partial charge >= 0.3 is 0 Å². The van der Waals surface area contributed by atoms with Crippen molar-refractivity contribution in [2.45, 2.75) is 19.9 Å². The van der Waals surface area contributed by atoms with E-state index in [4.69, 9.17) is 4.74 Å². The van der Waals surface area contributed by atoms with Crippen LogP contribution in [-0.2, 0) is 17.8 Å². The standard InChI is InChI=1S/C19H20N2O3/c1-13(22)20-17-6-3-15(4-7-17)19(23)21-10-9-14-5-8-18(24-2)11-16(14)12-21/h3-8,11H,9-10,12H2,1-2H3,(H,20,22). The van der Waals surface area contributed by atoms with Crippen LogP contribution in [0.1, 0.15) is 28.4 Å². The van der Waals surface area contributed by atoms with Crippen molar-refractivity contribution in [3.63, 3.8) is 0 Å². The molecule has 0 aromatic heterocycles. The Balaban J connectivity index is 1.74. The van der Waals surface area contributed by atoms with Crippen molar-refractivity contribution < 1.29 is 14.3 Å². The summed E-state index contributed by atoms with van der Waals surface area (Å²) in [6.45, 7) is 2.74. The zero-order chi connectivity index (χ0) is 17.1. The molecule has 0 saturated carbocycles. The van der Waals surface area contributed by atoms with Gasteiger partial charge in [-0.25, -0.2) is 0 Å². The van der Waals surface area contributed by atoms with Gasteiger partial charge in [-0.15, -0.1) is 0 Å². The molecule has 0 radical (unpaired) electrons. The molecule has 1 heterocycles. The third-order valence-electron chi connectivity index (χ3n) is 4.17. The Hall–Kier alpha value is -2.82. The van der Waals surface area contributed by atoms with Crippen LogP contribution in [0, 0.1) is 0 Å². The van der Waals surface area contributed by atoms with Crippen molar-refractivity contribution in [3.8, 4) is 5.75 Å². The van der Waals surface area contributed by atoms with Gasteiger partial charge in [0.2, 0.25) is 5.91 Å². The quantitative estimate of drug-likeness (QED) is 0.944. The van der Waals surface area contributed by atoms with Crippen LogP contribution in [0.2, 0.25) is 0 Å². The van der Waals surface area contributed by atoms with Crippen LogP contribution in [0.15, 0.2) is 42.5 Å². The summed E-state index contributed by atoms with van der Waals surface area (Å²) in [6.07, 6.45) is 0.842. The Morgan fingerprint density at radius 3 is 2.50 bits per heavy atom. The third-order valence-corrected chi connectivity index (χ3v) is 4.17. The number of nitrogens with one attached hydrogen (secondary N) is 1. The van der Waals surface area contributed by atoms with E-state index >= 15 is 0 Å². The molecule has 2 amide bonds. The second-order valence-electron chi connectivity index (χ2n) is 5.87. The molecule has 2 aromatic rings. The van der Waals surface area contributed by atoms with Crippen molar-refractivity contribution in [2.24, 2.45) is 0 Å². The number of nitrogens with zero attached hydrogens (tertiary/aromatic N) is 1. The van der Waals surface area contributed by atoms with E-state index in [9.17, 15) is 9.59 Å². The fraction of sp³-hybridized carbons (Fsp3) is 0.263. The molecule has 0 unspecified atom stereocenters. The topological polar surface area (TPSA) is 58.6 Å². The number of carbonyl (C=O) groups is 2. The summed E-state index contributed by atoms with van der Waals surface area (Å²) >= 11 is 0. The van der Waals surface area contributed by atoms with Crippen LogP contribution in [0.3, 0.4) is 0 Å². The van der Waals surface area contributed by atoms with E-state index in [0.29, 0.717) is 24.3 Å². The van der Waals surface area contributed by atoms with Gasteiger partial charge < -0.3 is 15.0 Å². The number of amides is 2. The molecular weight excluding hydrogens is 304 g/mol. The largest absolute Gasteiger partial charge is 0.497 e. The van der Waals surface area contributed by atoms with E-state index in [-0.39, 0.29) is 11.8 Å². The molecule has 0 bridgehead atoms. The van der Waals surface area contributed by atoms with Crippen LogP contribution >= 0.6 is 0 Å². The lowest BCUT2D eigenvalue weighted by Crippen LogP contribution is -2.35.